The summed E-state index contributed by atoms with van der Waals surface area (Å²) in [5.74, 6) is 0.213. The number of urea groups is 1. The summed E-state index contributed by atoms with van der Waals surface area (Å²) >= 11 is 0. The van der Waals surface area contributed by atoms with Crippen LogP contribution in [0.3, 0.4) is 0 Å². The molecule has 1 saturated heterocycles. The lowest BCUT2D eigenvalue weighted by atomic mass is 9.77. The van der Waals surface area contributed by atoms with Gasteiger partial charge in [0.05, 0.1) is 6.67 Å². The van der Waals surface area contributed by atoms with Gasteiger partial charge < -0.3 is 5.32 Å². The minimum atomic E-state index is -0.706. The Balaban J connectivity index is 1.68. The Bertz CT molecular complexity index is 656. The van der Waals surface area contributed by atoms with Crippen molar-refractivity contribution >= 4 is 11.9 Å². The van der Waals surface area contributed by atoms with Crippen molar-refractivity contribution in [3.05, 3.63) is 35.6 Å². The van der Waals surface area contributed by atoms with Crippen LogP contribution in [0.4, 0.5) is 9.18 Å². The Morgan fingerprint density at radius 1 is 1.32 bits per heavy atom. The van der Waals surface area contributed by atoms with Crippen molar-refractivity contribution in [2.45, 2.75) is 51.6 Å². The highest BCUT2D eigenvalue weighted by Crippen LogP contribution is 2.36. The third-order valence-electron chi connectivity index (χ3n) is 5.46. The van der Waals surface area contributed by atoms with Crippen LogP contribution in [0.2, 0.25) is 0 Å². The molecule has 6 heteroatoms. The van der Waals surface area contributed by atoms with Crippen LogP contribution in [-0.2, 0) is 11.3 Å². The molecule has 0 bridgehead atoms. The highest BCUT2D eigenvalue weighted by atomic mass is 19.1. The van der Waals surface area contributed by atoms with E-state index < -0.39 is 5.54 Å². The quantitative estimate of drug-likeness (QED) is 0.833. The maximum atomic E-state index is 13.4. The number of hydrogen-bond acceptors (Lipinski definition) is 3. The molecule has 1 heterocycles. The molecular formula is C19H26FN3O2. The van der Waals surface area contributed by atoms with Crippen molar-refractivity contribution in [2.75, 3.05) is 13.2 Å². The van der Waals surface area contributed by atoms with Crippen LogP contribution < -0.4 is 5.32 Å². The molecule has 2 aliphatic rings. The summed E-state index contributed by atoms with van der Waals surface area (Å²) < 4.78 is 13.4. The lowest BCUT2D eigenvalue weighted by Gasteiger charge is -2.34. The van der Waals surface area contributed by atoms with E-state index in [1.54, 1.807) is 6.07 Å². The van der Waals surface area contributed by atoms with E-state index in [0.717, 1.165) is 18.4 Å². The summed E-state index contributed by atoms with van der Waals surface area (Å²) in [6.07, 6.45) is 3.35. The monoisotopic (exact) mass is 347 g/mol. The number of imide groups is 1. The minimum Gasteiger partial charge on any atom is -0.323 e. The fourth-order valence-electron chi connectivity index (χ4n) is 3.75. The van der Waals surface area contributed by atoms with Crippen molar-refractivity contribution in [1.82, 2.24) is 15.1 Å². The van der Waals surface area contributed by atoms with Gasteiger partial charge in [0.2, 0.25) is 0 Å². The summed E-state index contributed by atoms with van der Waals surface area (Å²) in [4.78, 5) is 28.6. The zero-order valence-electron chi connectivity index (χ0n) is 14.9. The molecule has 136 valence electrons. The van der Waals surface area contributed by atoms with Gasteiger partial charge in [0.15, 0.2) is 0 Å². The third-order valence-corrected chi connectivity index (χ3v) is 5.46. The van der Waals surface area contributed by atoms with Crippen molar-refractivity contribution in [1.29, 1.82) is 0 Å². The molecule has 25 heavy (non-hydrogen) atoms. The number of amides is 3. The molecule has 1 aromatic carbocycles. The summed E-state index contributed by atoms with van der Waals surface area (Å²) in [5, 5.41) is 2.94. The minimum absolute atomic E-state index is 0.109. The highest BCUT2D eigenvalue weighted by Gasteiger charge is 2.52. The molecule has 1 aliphatic heterocycles. The van der Waals surface area contributed by atoms with E-state index in [1.807, 2.05) is 17.9 Å². The SMILES string of the molecule is CCN(Cc1cccc(F)c1)CN1C(=O)NC2(CCC(C)CC2)C1=O. The Morgan fingerprint density at radius 2 is 2.04 bits per heavy atom. The van der Waals surface area contributed by atoms with Gasteiger partial charge in [0, 0.05) is 6.54 Å². The van der Waals surface area contributed by atoms with E-state index >= 15 is 0 Å². The number of halogens is 1. The molecule has 3 amide bonds. The third kappa shape index (κ3) is 3.68. The predicted molar refractivity (Wildman–Crippen MR) is 93.1 cm³/mol. The number of carbonyl (C=O) groups excluding carboxylic acids is 2. The Hall–Kier alpha value is -1.95. The number of carbonyl (C=O) groups is 2. The van der Waals surface area contributed by atoms with Gasteiger partial charge in [-0.1, -0.05) is 26.0 Å². The second-order valence-corrected chi connectivity index (χ2v) is 7.34. The van der Waals surface area contributed by atoms with E-state index in [0.29, 0.717) is 31.8 Å². The molecule has 1 aromatic rings. The summed E-state index contributed by atoms with van der Waals surface area (Å²) in [5.41, 5.74) is 0.122. The normalized spacial score (nSPS) is 26.6. The van der Waals surface area contributed by atoms with Crippen LogP contribution in [0, 0.1) is 11.7 Å². The van der Waals surface area contributed by atoms with Crippen LogP contribution in [0.15, 0.2) is 24.3 Å². The standard InChI is InChI=1S/C19H26FN3O2/c1-3-22(12-15-5-4-6-16(20)11-15)13-23-17(24)19(21-18(23)25)9-7-14(2)8-10-19/h4-6,11,14H,3,7-10,12-13H2,1-2H3,(H,21,25). The number of hydrogen-bond donors (Lipinski definition) is 1. The smallest absolute Gasteiger partial charge is 0.323 e. The lowest BCUT2D eigenvalue weighted by molar-refractivity contribution is -0.134. The van der Waals surface area contributed by atoms with E-state index in [-0.39, 0.29) is 24.4 Å². The largest absolute Gasteiger partial charge is 0.326 e. The molecule has 2 fully saturated rings. The molecule has 0 atom stereocenters. The van der Waals surface area contributed by atoms with Crippen molar-refractivity contribution in [3.63, 3.8) is 0 Å². The zero-order valence-corrected chi connectivity index (χ0v) is 14.9. The number of nitrogens with one attached hydrogen (secondary N) is 1. The molecule has 0 aromatic heterocycles. The average Bonchev–Trinajstić information content (AvgIpc) is 2.81. The van der Waals surface area contributed by atoms with E-state index in [2.05, 4.69) is 12.2 Å². The topological polar surface area (TPSA) is 52.6 Å². The molecule has 1 spiro atoms. The van der Waals surface area contributed by atoms with Crippen LogP contribution in [0.25, 0.3) is 0 Å². The van der Waals surface area contributed by atoms with Gasteiger partial charge in [-0.2, -0.15) is 0 Å². The van der Waals surface area contributed by atoms with Crippen LogP contribution in [0.5, 0.6) is 0 Å². The van der Waals surface area contributed by atoms with E-state index in [1.165, 1.54) is 17.0 Å². The number of benzene rings is 1. The van der Waals surface area contributed by atoms with Gasteiger partial charge in [0.1, 0.15) is 11.4 Å². The van der Waals surface area contributed by atoms with Gasteiger partial charge in [0.25, 0.3) is 5.91 Å². The van der Waals surface area contributed by atoms with Crippen LogP contribution >= 0.6 is 0 Å². The van der Waals surface area contributed by atoms with Gasteiger partial charge in [-0.05, 0) is 55.8 Å². The maximum Gasteiger partial charge on any atom is 0.326 e. The summed E-state index contributed by atoms with van der Waals surface area (Å²) in [6.45, 7) is 5.54. The first-order chi connectivity index (χ1) is 11.9. The van der Waals surface area contributed by atoms with E-state index in [9.17, 15) is 14.0 Å². The molecule has 1 N–H and O–H groups in total. The van der Waals surface area contributed by atoms with E-state index in [4.69, 9.17) is 0 Å². The Labute approximate surface area is 148 Å². The maximum absolute atomic E-state index is 13.4. The number of rotatable bonds is 5. The Morgan fingerprint density at radius 3 is 2.68 bits per heavy atom. The average molecular weight is 347 g/mol. The molecule has 5 nitrogen and oxygen atoms in total. The van der Waals surface area contributed by atoms with Crippen molar-refractivity contribution in [3.8, 4) is 0 Å². The van der Waals surface area contributed by atoms with Gasteiger partial charge in [-0.25, -0.2) is 14.1 Å². The second kappa shape index (κ2) is 7.12. The summed E-state index contributed by atoms with van der Waals surface area (Å²) in [7, 11) is 0. The first-order valence-electron chi connectivity index (χ1n) is 9.04. The van der Waals surface area contributed by atoms with Crippen LogP contribution in [0.1, 0.15) is 45.1 Å². The van der Waals surface area contributed by atoms with Crippen molar-refractivity contribution < 1.29 is 14.0 Å². The van der Waals surface area contributed by atoms with Crippen molar-refractivity contribution in [2.24, 2.45) is 5.92 Å². The molecule has 0 unspecified atom stereocenters. The first kappa shape index (κ1) is 17.9. The fraction of sp³-hybridized carbons (Fsp3) is 0.579. The first-order valence-corrected chi connectivity index (χ1v) is 9.04. The fourth-order valence-corrected chi connectivity index (χ4v) is 3.75. The van der Waals surface area contributed by atoms with Crippen LogP contribution in [-0.4, -0.2) is 40.5 Å². The highest BCUT2D eigenvalue weighted by molar-refractivity contribution is 6.07. The molecular weight excluding hydrogens is 321 g/mol. The molecule has 1 saturated carbocycles. The molecule has 0 radical (unpaired) electrons. The van der Waals surface area contributed by atoms with Gasteiger partial charge >= 0.3 is 6.03 Å². The Kier molecular flexibility index (Phi) is 5.08. The molecule has 3 rings (SSSR count). The number of nitrogens with zero attached hydrogens (tertiary/aromatic N) is 2. The summed E-state index contributed by atoms with van der Waals surface area (Å²) in [6, 6.07) is 6.10. The zero-order chi connectivity index (χ0) is 18.0. The second-order valence-electron chi connectivity index (χ2n) is 7.34. The predicted octanol–water partition coefficient (Wildman–Crippen LogP) is 3.11. The lowest BCUT2D eigenvalue weighted by Crippen LogP contribution is -2.50. The molecule has 1 aliphatic carbocycles. The van der Waals surface area contributed by atoms with Gasteiger partial charge in [-0.15, -0.1) is 0 Å². The van der Waals surface area contributed by atoms with Gasteiger partial charge in [-0.3, -0.25) is 9.69 Å².